The largest absolute Gasteiger partial charge is 0.497 e. The van der Waals surface area contributed by atoms with E-state index in [1.807, 2.05) is 18.2 Å². The molecule has 1 heterocycles. The SMILES string of the molecule is COc1ccc(S(=O)(=O)N2CCN(C/C=C/c3ccccc3)CC2)cc1. The van der Waals surface area contributed by atoms with Crippen molar-refractivity contribution in [1.82, 2.24) is 9.21 Å². The number of hydrogen-bond acceptors (Lipinski definition) is 4. The molecule has 0 bridgehead atoms. The molecule has 0 aliphatic carbocycles. The van der Waals surface area contributed by atoms with Crippen LogP contribution in [0.4, 0.5) is 0 Å². The van der Waals surface area contributed by atoms with Crippen LogP contribution in [0.1, 0.15) is 5.56 Å². The van der Waals surface area contributed by atoms with Gasteiger partial charge in [0, 0.05) is 32.7 Å². The molecule has 5 nitrogen and oxygen atoms in total. The van der Waals surface area contributed by atoms with Crippen LogP contribution < -0.4 is 4.74 Å². The van der Waals surface area contributed by atoms with E-state index in [0.717, 1.165) is 19.6 Å². The predicted molar refractivity (Wildman–Crippen MR) is 104 cm³/mol. The summed E-state index contributed by atoms with van der Waals surface area (Å²) in [5.41, 5.74) is 1.17. The van der Waals surface area contributed by atoms with Gasteiger partial charge in [-0.05, 0) is 29.8 Å². The van der Waals surface area contributed by atoms with Gasteiger partial charge in [0.1, 0.15) is 5.75 Å². The third-order valence-electron chi connectivity index (χ3n) is 4.50. The highest BCUT2D eigenvalue weighted by Crippen LogP contribution is 2.20. The highest BCUT2D eigenvalue weighted by atomic mass is 32.2. The Balaban J connectivity index is 1.54. The number of nitrogens with zero attached hydrogens (tertiary/aromatic N) is 2. The summed E-state index contributed by atoms with van der Waals surface area (Å²) in [6.45, 7) is 3.30. The summed E-state index contributed by atoms with van der Waals surface area (Å²) in [5, 5.41) is 0. The molecule has 0 atom stereocenters. The number of benzene rings is 2. The zero-order chi connectivity index (χ0) is 18.4. The fourth-order valence-corrected chi connectivity index (χ4v) is 4.37. The van der Waals surface area contributed by atoms with Crippen LogP contribution in [0.2, 0.25) is 0 Å². The van der Waals surface area contributed by atoms with Gasteiger partial charge < -0.3 is 4.74 Å². The molecule has 26 heavy (non-hydrogen) atoms. The molecule has 1 fully saturated rings. The van der Waals surface area contributed by atoms with Crippen molar-refractivity contribution in [1.29, 1.82) is 0 Å². The van der Waals surface area contributed by atoms with Gasteiger partial charge in [0.05, 0.1) is 12.0 Å². The van der Waals surface area contributed by atoms with E-state index in [4.69, 9.17) is 4.74 Å². The van der Waals surface area contributed by atoms with E-state index in [0.29, 0.717) is 23.7 Å². The van der Waals surface area contributed by atoms with Crippen molar-refractivity contribution in [3.05, 3.63) is 66.2 Å². The minimum atomic E-state index is -3.44. The maximum atomic E-state index is 12.7. The summed E-state index contributed by atoms with van der Waals surface area (Å²) in [6, 6.07) is 16.7. The van der Waals surface area contributed by atoms with Crippen LogP contribution in [0.5, 0.6) is 5.75 Å². The molecule has 0 aromatic heterocycles. The second-order valence-corrected chi connectivity index (χ2v) is 8.13. The molecule has 0 spiro atoms. The smallest absolute Gasteiger partial charge is 0.243 e. The van der Waals surface area contributed by atoms with E-state index in [1.54, 1.807) is 35.7 Å². The predicted octanol–water partition coefficient (Wildman–Crippen LogP) is 2.71. The van der Waals surface area contributed by atoms with Crippen LogP contribution in [-0.2, 0) is 10.0 Å². The molecule has 6 heteroatoms. The standard InChI is InChI=1S/C20H24N2O3S/c1-25-19-9-11-20(12-10-19)26(23,24)22-16-14-21(15-17-22)13-5-8-18-6-3-2-4-7-18/h2-12H,13-17H2,1H3/b8-5+. The number of methoxy groups -OCH3 is 1. The molecule has 0 N–H and O–H groups in total. The second kappa shape index (κ2) is 8.49. The molecule has 2 aromatic carbocycles. The summed E-state index contributed by atoms with van der Waals surface area (Å²) in [7, 11) is -1.88. The minimum Gasteiger partial charge on any atom is -0.497 e. The quantitative estimate of drug-likeness (QED) is 0.782. The van der Waals surface area contributed by atoms with Crippen molar-refractivity contribution in [3.63, 3.8) is 0 Å². The van der Waals surface area contributed by atoms with Gasteiger partial charge in [0.25, 0.3) is 0 Å². The maximum Gasteiger partial charge on any atom is 0.243 e. The van der Waals surface area contributed by atoms with Gasteiger partial charge in [-0.1, -0.05) is 42.5 Å². The molecular formula is C20H24N2O3S. The van der Waals surface area contributed by atoms with Crippen molar-refractivity contribution in [3.8, 4) is 5.75 Å². The summed E-state index contributed by atoms with van der Waals surface area (Å²) in [4.78, 5) is 2.58. The zero-order valence-corrected chi connectivity index (χ0v) is 15.7. The summed E-state index contributed by atoms with van der Waals surface area (Å²) < 4.78 is 32.1. The Morgan fingerprint density at radius 2 is 1.62 bits per heavy atom. The molecule has 0 radical (unpaired) electrons. The van der Waals surface area contributed by atoms with E-state index in [9.17, 15) is 8.42 Å². The monoisotopic (exact) mass is 372 g/mol. The van der Waals surface area contributed by atoms with Crippen LogP contribution in [0.25, 0.3) is 6.08 Å². The zero-order valence-electron chi connectivity index (χ0n) is 14.9. The summed E-state index contributed by atoms with van der Waals surface area (Å²) in [5.74, 6) is 0.652. The van der Waals surface area contributed by atoms with Gasteiger partial charge in [-0.3, -0.25) is 4.90 Å². The lowest BCUT2D eigenvalue weighted by Gasteiger charge is -2.33. The third-order valence-corrected chi connectivity index (χ3v) is 6.41. The lowest BCUT2D eigenvalue weighted by molar-refractivity contribution is 0.204. The molecule has 0 amide bonds. The highest BCUT2D eigenvalue weighted by molar-refractivity contribution is 7.89. The topological polar surface area (TPSA) is 49.9 Å². The van der Waals surface area contributed by atoms with Gasteiger partial charge in [0.2, 0.25) is 10.0 Å². The number of hydrogen-bond donors (Lipinski definition) is 0. The summed E-state index contributed by atoms with van der Waals surface area (Å²) in [6.07, 6.45) is 4.23. The van der Waals surface area contributed by atoms with Gasteiger partial charge in [-0.25, -0.2) is 8.42 Å². The molecule has 1 aliphatic rings. The van der Waals surface area contributed by atoms with Crippen LogP contribution in [0.3, 0.4) is 0 Å². The molecule has 1 saturated heterocycles. The molecule has 2 aromatic rings. The Bertz CT molecular complexity index is 825. The van der Waals surface area contributed by atoms with Crippen LogP contribution in [0.15, 0.2) is 65.6 Å². The molecule has 138 valence electrons. The average molecular weight is 372 g/mol. The number of piperazine rings is 1. The number of sulfonamides is 1. The lowest BCUT2D eigenvalue weighted by atomic mass is 10.2. The molecule has 3 rings (SSSR count). The van der Waals surface area contributed by atoms with Crippen LogP contribution in [-0.4, -0.2) is 57.5 Å². The van der Waals surface area contributed by atoms with Crippen molar-refractivity contribution in [2.75, 3.05) is 39.8 Å². The molecule has 0 saturated carbocycles. The van der Waals surface area contributed by atoms with Gasteiger partial charge in [-0.2, -0.15) is 4.31 Å². The first-order valence-electron chi connectivity index (χ1n) is 8.68. The number of ether oxygens (including phenoxy) is 1. The molecule has 0 unspecified atom stereocenters. The molecule has 1 aliphatic heterocycles. The van der Waals surface area contributed by atoms with Crippen molar-refractivity contribution in [2.45, 2.75) is 4.90 Å². The Hall–Kier alpha value is -2.15. The fourth-order valence-electron chi connectivity index (χ4n) is 2.95. The average Bonchev–Trinajstić information content (AvgIpc) is 2.69. The van der Waals surface area contributed by atoms with E-state index >= 15 is 0 Å². The van der Waals surface area contributed by atoms with Crippen molar-refractivity contribution >= 4 is 16.1 Å². The van der Waals surface area contributed by atoms with Crippen LogP contribution in [0, 0.1) is 0 Å². The first-order valence-corrected chi connectivity index (χ1v) is 10.1. The highest BCUT2D eigenvalue weighted by Gasteiger charge is 2.28. The van der Waals surface area contributed by atoms with E-state index < -0.39 is 10.0 Å². The fraction of sp³-hybridized carbons (Fsp3) is 0.300. The Morgan fingerprint density at radius 3 is 2.23 bits per heavy atom. The van der Waals surface area contributed by atoms with Crippen LogP contribution >= 0.6 is 0 Å². The normalized spacial score (nSPS) is 16.8. The van der Waals surface area contributed by atoms with Gasteiger partial charge in [-0.15, -0.1) is 0 Å². The van der Waals surface area contributed by atoms with Gasteiger partial charge >= 0.3 is 0 Å². The minimum absolute atomic E-state index is 0.315. The van der Waals surface area contributed by atoms with Crippen molar-refractivity contribution in [2.24, 2.45) is 0 Å². The number of rotatable bonds is 6. The maximum absolute atomic E-state index is 12.7. The van der Waals surface area contributed by atoms with E-state index in [1.165, 1.54) is 5.56 Å². The van der Waals surface area contributed by atoms with E-state index in [-0.39, 0.29) is 0 Å². The summed E-state index contributed by atoms with van der Waals surface area (Å²) >= 11 is 0. The lowest BCUT2D eigenvalue weighted by Crippen LogP contribution is -2.48. The van der Waals surface area contributed by atoms with Crippen molar-refractivity contribution < 1.29 is 13.2 Å². The third kappa shape index (κ3) is 4.52. The second-order valence-electron chi connectivity index (χ2n) is 6.19. The first-order chi connectivity index (χ1) is 12.6. The first kappa shape index (κ1) is 18.6. The Morgan fingerprint density at radius 1 is 0.962 bits per heavy atom. The Labute approximate surface area is 155 Å². The molecular weight excluding hydrogens is 348 g/mol. The Kier molecular flexibility index (Phi) is 6.08. The van der Waals surface area contributed by atoms with Gasteiger partial charge in [0.15, 0.2) is 0 Å². The van der Waals surface area contributed by atoms with E-state index in [2.05, 4.69) is 29.2 Å².